The van der Waals surface area contributed by atoms with Crippen LogP contribution < -0.4 is 15.8 Å². The first kappa shape index (κ1) is 15.4. The fourth-order valence-corrected chi connectivity index (χ4v) is 2.77. The van der Waals surface area contributed by atoms with Crippen LogP contribution in [-0.4, -0.2) is 13.0 Å². The number of rotatable bonds is 4. The van der Waals surface area contributed by atoms with Crippen molar-refractivity contribution >= 4 is 27.5 Å². The number of hydrogen-bond donors (Lipinski definition) is 2. The van der Waals surface area contributed by atoms with Crippen molar-refractivity contribution in [3.05, 3.63) is 58.1 Å². The van der Waals surface area contributed by atoms with E-state index in [0.717, 1.165) is 10.0 Å². The molecule has 1 unspecified atom stereocenters. The van der Waals surface area contributed by atoms with Crippen molar-refractivity contribution in [2.75, 3.05) is 12.8 Å². The fraction of sp³-hybridized carbons (Fsp3) is 0.188. The predicted octanol–water partition coefficient (Wildman–Crippen LogP) is 3.53. The molecule has 0 aromatic heterocycles. The van der Waals surface area contributed by atoms with E-state index in [1.807, 2.05) is 31.2 Å². The number of anilines is 1. The normalized spacial score (nSPS) is 11.8. The van der Waals surface area contributed by atoms with Crippen molar-refractivity contribution < 1.29 is 9.53 Å². The van der Waals surface area contributed by atoms with Gasteiger partial charge in [0.1, 0.15) is 0 Å². The van der Waals surface area contributed by atoms with Gasteiger partial charge in [-0.15, -0.1) is 0 Å². The highest BCUT2D eigenvalue weighted by atomic mass is 79.9. The van der Waals surface area contributed by atoms with Crippen LogP contribution in [0.4, 0.5) is 5.69 Å². The molecule has 1 amide bonds. The second kappa shape index (κ2) is 6.63. The molecule has 0 fully saturated rings. The van der Waals surface area contributed by atoms with Crippen LogP contribution in [0.5, 0.6) is 5.75 Å². The highest BCUT2D eigenvalue weighted by Crippen LogP contribution is 2.27. The van der Waals surface area contributed by atoms with Crippen LogP contribution in [0.1, 0.15) is 28.9 Å². The second-order valence-corrected chi connectivity index (χ2v) is 5.50. The van der Waals surface area contributed by atoms with Crippen LogP contribution in [0.3, 0.4) is 0 Å². The number of ether oxygens (including phenoxy) is 1. The fourth-order valence-electron chi connectivity index (χ4n) is 2.14. The maximum atomic E-state index is 12.4. The molecule has 110 valence electrons. The van der Waals surface area contributed by atoms with E-state index in [9.17, 15) is 4.79 Å². The lowest BCUT2D eigenvalue weighted by molar-refractivity contribution is 0.0937. The van der Waals surface area contributed by atoms with Gasteiger partial charge in [-0.2, -0.15) is 0 Å². The van der Waals surface area contributed by atoms with E-state index >= 15 is 0 Å². The lowest BCUT2D eigenvalue weighted by Crippen LogP contribution is -2.27. The van der Waals surface area contributed by atoms with Gasteiger partial charge in [-0.3, -0.25) is 4.79 Å². The van der Waals surface area contributed by atoms with E-state index in [1.54, 1.807) is 18.2 Å². The van der Waals surface area contributed by atoms with Crippen molar-refractivity contribution in [3.63, 3.8) is 0 Å². The SMILES string of the molecule is COc1c(N)cccc1C(=O)NC(C)c1ccccc1Br. The molecule has 0 bridgehead atoms. The maximum absolute atomic E-state index is 12.4. The van der Waals surface area contributed by atoms with Gasteiger partial charge in [0.25, 0.3) is 5.91 Å². The Morgan fingerprint density at radius 3 is 2.62 bits per heavy atom. The van der Waals surface area contributed by atoms with Gasteiger partial charge in [0.15, 0.2) is 5.75 Å². The Kier molecular flexibility index (Phi) is 4.85. The molecule has 3 N–H and O–H groups in total. The Hall–Kier alpha value is -2.01. The summed E-state index contributed by atoms with van der Waals surface area (Å²) < 4.78 is 6.17. The van der Waals surface area contributed by atoms with Gasteiger partial charge in [-0.05, 0) is 30.7 Å². The molecule has 5 heteroatoms. The Bertz CT molecular complexity index is 658. The molecule has 0 saturated carbocycles. The molecule has 2 aromatic carbocycles. The number of nitrogens with one attached hydrogen (secondary N) is 1. The number of hydrogen-bond acceptors (Lipinski definition) is 3. The Morgan fingerprint density at radius 1 is 1.24 bits per heavy atom. The van der Waals surface area contributed by atoms with Crippen molar-refractivity contribution in [1.82, 2.24) is 5.32 Å². The number of methoxy groups -OCH3 is 1. The molecular formula is C16H17BrN2O2. The number of halogens is 1. The van der Waals surface area contributed by atoms with Gasteiger partial charge >= 0.3 is 0 Å². The summed E-state index contributed by atoms with van der Waals surface area (Å²) in [6.45, 7) is 1.93. The number of nitrogen functional groups attached to an aromatic ring is 1. The number of benzene rings is 2. The van der Waals surface area contributed by atoms with Crippen LogP contribution >= 0.6 is 15.9 Å². The topological polar surface area (TPSA) is 64.3 Å². The third kappa shape index (κ3) is 3.36. The standard InChI is InChI=1S/C16H17BrN2O2/c1-10(11-6-3-4-8-13(11)17)19-16(20)12-7-5-9-14(18)15(12)21-2/h3-10H,18H2,1-2H3,(H,19,20). The van der Waals surface area contributed by atoms with Crippen LogP contribution in [0.2, 0.25) is 0 Å². The first-order valence-electron chi connectivity index (χ1n) is 6.52. The minimum Gasteiger partial charge on any atom is -0.494 e. The van der Waals surface area contributed by atoms with Crippen LogP contribution in [0.25, 0.3) is 0 Å². The van der Waals surface area contributed by atoms with Crippen LogP contribution in [-0.2, 0) is 0 Å². The van der Waals surface area contributed by atoms with Gasteiger partial charge in [-0.1, -0.05) is 40.2 Å². The molecular weight excluding hydrogens is 332 g/mol. The van der Waals surface area contributed by atoms with Gasteiger partial charge in [0, 0.05) is 4.47 Å². The molecule has 21 heavy (non-hydrogen) atoms. The van der Waals surface area contributed by atoms with E-state index in [1.165, 1.54) is 7.11 Å². The van der Waals surface area contributed by atoms with Gasteiger partial charge in [-0.25, -0.2) is 0 Å². The second-order valence-electron chi connectivity index (χ2n) is 4.64. The molecule has 2 aromatic rings. The molecule has 0 aliphatic rings. The van der Waals surface area contributed by atoms with Crippen LogP contribution in [0.15, 0.2) is 46.9 Å². The summed E-state index contributed by atoms with van der Waals surface area (Å²) in [6, 6.07) is 12.8. The van der Waals surface area contributed by atoms with Gasteiger partial charge in [0.2, 0.25) is 0 Å². The molecule has 0 aliphatic heterocycles. The molecule has 2 rings (SSSR count). The van der Waals surface area contributed by atoms with E-state index in [2.05, 4.69) is 21.2 Å². The monoisotopic (exact) mass is 348 g/mol. The molecule has 0 aliphatic carbocycles. The number of para-hydroxylation sites is 1. The Balaban J connectivity index is 2.23. The zero-order valence-electron chi connectivity index (χ0n) is 11.9. The maximum Gasteiger partial charge on any atom is 0.255 e. The van der Waals surface area contributed by atoms with Crippen molar-refractivity contribution in [1.29, 1.82) is 0 Å². The number of carbonyl (C=O) groups excluding carboxylic acids is 1. The molecule has 1 atom stereocenters. The highest BCUT2D eigenvalue weighted by Gasteiger charge is 2.17. The summed E-state index contributed by atoms with van der Waals surface area (Å²) in [5, 5.41) is 2.95. The Labute approximate surface area is 132 Å². The van der Waals surface area contributed by atoms with E-state index in [0.29, 0.717) is 17.0 Å². The minimum atomic E-state index is -0.220. The average Bonchev–Trinajstić information content (AvgIpc) is 2.47. The predicted molar refractivity (Wildman–Crippen MR) is 87.4 cm³/mol. The summed E-state index contributed by atoms with van der Waals surface area (Å²) in [4.78, 5) is 12.4. The first-order chi connectivity index (χ1) is 10.0. The van der Waals surface area contributed by atoms with Gasteiger partial charge < -0.3 is 15.8 Å². The van der Waals surface area contributed by atoms with Crippen molar-refractivity contribution in [3.8, 4) is 5.75 Å². The average molecular weight is 349 g/mol. The van der Waals surface area contributed by atoms with Crippen LogP contribution in [0, 0.1) is 0 Å². The van der Waals surface area contributed by atoms with Crippen molar-refractivity contribution in [2.24, 2.45) is 0 Å². The largest absolute Gasteiger partial charge is 0.494 e. The third-order valence-electron chi connectivity index (χ3n) is 3.21. The smallest absolute Gasteiger partial charge is 0.255 e. The van der Waals surface area contributed by atoms with E-state index in [-0.39, 0.29) is 11.9 Å². The quantitative estimate of drug-likeness (QED) is 0.830. The summed E-state index contributed by atoms with van der Waals surface area (Å²) in [5.74, 6) is 0.178. The summed E-state index contributed by atoms with van der Waals surface area (Å²) in [7, 11) is 1.50. The minimum absolute atomic E-state index is 0.140. The highest BCUT2D eigenvalue weighted by molar-refractivity contribution is 9.10. The molecule has 0 spiro atoms. The van der Waals surface area contributed by atoms with Gasteiger partial charge in [0.05, 0.1) is 24.4 Å². The van der Waals surface area contributed by atoms with E-state index < -0.39 is 0 Å². The van der Waals surface area contributed by atoms with Crippen molar-refractivity contribution in [2.45, 2.75) is 13.0 Å². The summed E-state index contributed by atoms with van der Waals surface area (Å²) in [6.07, 6.45) is 0. The van der Waals surface area contributed by atoms with E-state index in [4.69, 9.17) is 10.5 Å². The first-order valence-corrected chi connectivity index (χ1v) is 7.31. The third-order valence-corrected chi connectivity index (χ3v) is 3.94. The number of carbonyl (C=O) groups is 1. The number of amides is 1. The molecule has 0 heterocycles. The lowest BCUT2D eigenvalue weighted by Gasteiger charge is -2.17. The molecule has 4 nitrogen and oxygen atoms in total. The zero-order chi connectivity index (χ0) is 15.4. The summed E-state index contributed by atoms with van der Waals surface area (Å²) in [5.41, 5.74) is 7.70. The molecule has 0 saturated heterocycles. The molecule has 0 radical (unpaired) electrons. The Morgan fingerprint density at radius 2 is 1.95 bits per heavy atom. The zero-order valence-corrected chi connectivity index (χ0v) is 13.5. The lowest BCUT2D eigenvalue weighted by atomic mass is 10.1. The number of nitrogens with two attached hydrogens (primary N) is 1. The summed E-state index contributed by atoms with van der Waals surface area (Å²) >= 11 is 3.49.